The van der Waals surface area contributed by atoms with Crippen LogP contribution >= 0.6 is 0 Å². The minimum absolute atomic E-state index is 0.561. The quantitative estimate of drug-likeness (QED) is 0.491. The number of hydrogen-bond acceptors (Lipinski definition) is 1. The fourth-order valence-corrected chi connectivity index (χ4v) is 2.99. The summed E-state index contributed by atoms with van der Waals surface area (Å²) in [6.45, 7) is 4.83. The largest absolute Gasteiger partial charge is 0.505 e. The number of hydrogen-bond donors (Lipinski definition) is 0. The molecule has 1 heteroatoms. The predicted molar refractivity (Wildman–Crippen MR) is 58.8 cm³/mol. The van der Waals surface area contributed by atoms with E-state index >= 15 is 0 Å². The van der Waals surface area contributed by atoms with Gasteiger partial charge < -0.3 is 4.74 Å². The van der Waals surface area contributed by atoms with E-state index < -0.39 is 0 Å². The van der Waals surface area contributed by atoms with Gasteiger partial charge in [-0.1, -0.05) is 25.5 Å². The lowest BCUT2D eigenvalue weighted by Crippen LogP contribution is -2.47. The molecule has 2 atom stereocenters. The molecule has 14 heavy (non-hydrogen) atoms. The van der Waals surface area contributed by atoms with E-state index in [1.54, 1.807) is 18.9 Å². The van der Waals surface area contributed by atoms with E-state index in [1.165, 1.54) is 12.8 Å². The molecule has 0 heterocycles. The predicted octanol–water partition coefficient (Wildman–Crippen LogP) is 3.53. The summed E-state index contributed by atoms with van der Waals surface area (Å²) in [5, 5.41) is 0. The van der Waals surface area contributed by atoms with Crippen molar-refractivity contribution in [3.63, 3.8) is 0 Å². The second-order valence-corrected chi connectivity index (χ2v) is 5.13. The van der Waals surface area contributed by atoms with Crippen molar-refractivity contribution >= 4 is 0 Å². The van der Waals surface area contributed by atoms with Crippen LogP contribution in [0.2, 0.25) is 0 Å². The normalized spacial score (nSPS) is 33.8. The van der Waals surface area contributed by atoms with Gasteiger partial charge in [-0.3, -0.25) is 0 Å². The second-order valence-electron chi connectivity index (χ2n) is 5.13. The molecule has 0 spiro atoms. The third-order valence-electron chi connectivity index (χ3n) is 4.17. The van der Waals surface area contributed by atoms with Crippen LogP contribution in [0.4, 0.5) is 0 Å². The third-order valence-corrected chi connectivity index (χ3v) is 4.17. The Morgan fingerprint density at radius 2 is 2.36 bits per heavy atom. The zero-order valence-corrected chi connectivity index (χ0v) is 9.42. The van der Waals surface area contributed by atoms with Gasteiger partial charge in [0.05, 0.1) is 13.4 Å². The van der Waals surface area contributed by atoms with Crippen LogP contribution in [0, 0.1) is 17.3 Å². The molecule has 2 unspecified atom stereocenters. The Bertz CT molecular complexity index is 273. The highest BCUT2D eigenvalue weighted by Gasteiger charge is 2.50. The van der Waals surface area contributed by atoms with Crippen molar-refractivity contribution < 1.29 is 4.74 Å². The van der Waals surface area contributed by atoms with Crippen LogP contribution in [0.25, 0.3) is 0 Å². The zero-order valence-electron chi connectivity index (χ0n) is 9.42. The lowest BCUT2D eigenvalue weighted by atomic mass is 9.48. The van der Waals surface area contributed by atoms with Crippen LogP contribution in [0.3, 0.4) is 0 Å². The molecule has 1 nitrogen and oxygen atoms in total. The van der Waals surface area contributed by atoms with E-state index in [2.05, 4.69) is 26.0 Å². The van der Waals surface area contributed by atoms with E-state index in [1.807, 2.05) is 0 Å². The molecule has 0 radical (unpaired) electrons. The highest BCUT2D eigenvalue weighted by atomic mass is 16.5. The standard InChI is InChI=1S/C13H20O/c1-13(2)11-7-6-10(12(13)9-11)5-4-8-14-3/h4,6,8,11-12H,5,7,9H2,1-3H3. The maximum Gasteiger partial charge on any atom is 0.0787 e. The van der Waals surface area contributed by atoms with E-state index in [-0.39, 0.29) is 0 Å². The molecule has 2 bridgehead atoms. The zero-order chi connectivity index (χ0) is 10.2. The maximum absolute atomic E-state index is 4.93. The van der Waals surface area contributed by atoms with Crippen LogP contribution < -0.4 is 0 Å². The Balaban J connectivity index is 2.00. The molecule has 3 aliphatic rings. The second kappa shape index (κ2) is 3.45. The van der Waals surface area contributed by atoms with Gasteiger partial charge in [0.25, 0.3) is 0 Å². The number of methoxy groups -OCH3 is 1. The van der Waals surface area contributed by atoms with Crippen molar-refractivity contribution in [1.82, 2.24) is 0 Å². The molecule has 1 fully saturated rings. The smallest absolute Gasteiger partial charge is 0.0787 e. The number of allylic oxidation sites excluding steroid dienone is 3. The van der Waals surface area contributed by atoms with Crippen molar-refractivity contribution in [2.24, 2.45) is 17.3 Å². The summed E-state index contributed by atoms with van der Waals surface area (Å²) in [6, 6.07) is 0. The summed E-state index contributed by atoms with van der Waals surface area (Å²) in [6.07, 6.45) is 10.2. The van der Waals surface area contributed by atoms with E-state index in [0.29, 0.717) is 5.41 Å². The first kappa shape index (κ1) is 9.82. The lowest BCUT2D eigenvalue weighted by Gasteiger charge is -2.56. The summed E-state index contributed by atoms with van der Waals surface area (Å²) in [5.41, 5.74) is 2.19. The molecule has 0 amide bonds. The molecule has 0 aromatic heterocycles. The van der Waals surface area contributed by atoms with Crippen molar-refractivity contribution in [3.05, 3.63) is 24.0 Å². The van der Waals surface area contributed by atoms with Gasteiger partial charge in [0.1, 0.15) is 0 Å². The monoisotopic (exact) mass is 192 g/mol. The molecule has 3 aliphatic carbocycles. The summed E-state index contributed by atoms with van der Waals surface area (Å²) in [5.74, 6) is 1.78. The molecule has 3 rings (SSSR count). The van der Waals surface area contributed by atoms with Gasteiger partial charge in [0.15, 0.2) is 0 Å². The van der Waals surface area contributed by atoms with Gasteiger partial charge in [-0.05, 0) is 42.6 Å². The Labute approximate surface area is 86.8 Å². The van der Waals surface area contributed by atoms with Gasteiger partial charge in [-0.25, -0.2) is 0 Å². The topological polar surface area (TPSA) is 9.23 Å². The molecule has 0 aliphatic heterocycles. The first-order chi connectivity index (χ1) is 6.66. The average Bonchev–Trinajstić information content (AvgIpc) is 2.18. The van der Waals surface area contributed by atoms with Gasteiger partial charge >= 0.3 is 0 Å². The summed E-state index contributed by atoms with van der Waals surface area (Å²) in [7, 11) is 1.70. The highest BCUT2D eigenvalue weighted by molar-refractivity contribution is 5.24. The van der Waals surface area contributed by atoms with Gasteiger partial charge in [0.2, 0.25) is 0 Å². The van der Waals surface area contributed by atoms with E-state index in [4.69, 9.17) is 4.74 Å². The molecule has 1 saturated carbocycles. The van der Waals surface area contributed by atoms with Crippen LogP contribution in [-0.4, -0.2) is 7.11 Å². The molecule has 0 aromatic rings. The molecule has 78 valence electrons. The van der Waals surface area contributed by atoms with Crippen molar-refractivity contribution in [2.45, 2.75) is 33.1 Å². The number of rotatable bonds is 3. The van der Waals surface area contributed by atoms with Crippen molar-refractivity contribution in [3.8, 4) is 0 Å². The molecule has 0 saturated heterocycles. The van der Waals surface area contributed by atoms with Crippen molar-refractivity contribution in [2.75, 3.05) is 7.11 Å². The Morgan fingerprint density at radius 1 is 1.57 bits per heavy atom. The van der Waals surface area contributed by atoms with Crippen LogP contribution in [0.5, 0.6) is 0 Å². The van der Waals surface area contributed by atoms with Crippen LogP contribution in [0.15, 0.2) is 24.0 Å². The van der Waals surface area contributed by atoms with Gasteiger partial charge in [0, 0.05) is 0 Å². The molecular weight excluding hydrogens is 172 g/mol. The fraction of sp³-hybridized carbons (Fsp3) is 0.692. The Hall–Kier alpha value is -0.720. The van der Waals surface area contributed by atoms with Crippen molar-refractivity contribution in [1.29, 1.82) is 0 Å². The number of fused-ring (bicyclic) bond motifs is 1. The maximum atomic E-state index is 4.93. The highest BCUT2D eigenvalue weighted by Crippen LogP contribution is 2.59. The summed E-state index contributed by atoms with van der Waals surface area (Å²) < 4.78 is 4.93. The van der Waals surface area contributed by atoms with E-state index in [9.17, 15) is 0 Å². The molecule has 0 N–H and O–H groups in total. The SMILES string of the molecule is COC=CCC1=CCC2CC1C2(C)C. The average molecular weight is 192 g/mol. The van der Waals surface area contributed by atoms with E-state index in [0.717, 1.165) is 18.3 Å². The third kappa shape index (κ3) is 1.39. The lowest BCUT2D eigenvalue weighted by molar-refractivity contribution is -0.00723. The first-order valence-corrected chi connectivity index (χ1v) is 5.53. The summed E-state index contributed by atoms with van der Waals surface area (Å²) >= 11 is 0. The van der Waals surface area contributed by atoms with Crippen LogP contribution in [0.1, 0.15) is 33.1 Å². The fourth-order valence-electron chi connectivity index (χ4n) is 2.99. The Kier molecular flexibility index (Phi) is 2.42. The van der Waals surface area contributed by atoms with Gasteiger partial charge in [-0.2, -0.15) is 0 Å². The van der Waals surface area contributed by atoms with Gasteiger partial charge in [-0.15, -0.1) is 0 Å². The van der Waals surface area contributed by atoms with Crippen LogP contribution in [-0.2, 0) is 4.74 Å². The molecular formula is C13H20O. The summed E-state index contributed by atoms with van der Waals surface area (Å²) in [4.78, 5) is 0. The minimum Gasteiger partial charge on any atom is -0.505 e. The number of ether oxygens (including phenoxy) is 1. The Morgan fingerprint density at radius 3 is 2.93 bits per heavy atom. The minimum atomic E-state index is 0.561. The first-order valence-electron chi connectivity index (χ1n) is 5.53. The molecule has 0 aromatic carbocycles.